The minimum Gasteiger partial charge on any atom is -0.352 e. The minimum atomic E-state index is -0.697. The Labute approximate surface area is 227 Å². The minimum absolute atomic E-state index is 0.00586. The number of nitrogens with one attached hydrogen (secondary N) is 1. The van der Waals surface area contributed by atoms with E-state index in [1.807, 2.05) is 42.5 Å². The van der Waals surface area contributed by atoms with E-state index in [9.17, 15) is 9.59 Å². The van der Waals surface area contributed by atoms with Crippen LogP contribution in [0.25, 0.3) is 0 Å². The van der Waals surface area contributed by atoms with Gasteiger partial charge in [-0.1, -0.05) is 96.2 Å². The fourth-order valence-electron chi connectivity index (χ4n) is 4.66. The standard InChI is InChI=1S/C29H29Cl3N2O2/c30-22-15-13-21(14-16-22)19-34(28(35)18-24-25(31)11-6-12-26(24)32)27(17-20-7-2-1-3-8-20)29(36)33-23-9-4-5-10-23/h1-3,6-8,11-16,23,27H,4-5,9-10,17-19H2,(H,33,36)/t27-/m1/s1. The molecule has 0 bridgehead atoms. The van der Waals surface area contributed by atoms with Crippen LogP contribution in [0, 0.1) is 0 Å². The number of hydrogen-bond donors (Lipinski definition) is 1. The van der Waals surface area contributed by atoms with E-state index < -0.39 is 6.04 Å². The monoisotopic (exact) mass is 542 g/mol. The molecule has 0 saturated heterocycles. The molecular weight excluding hydrogens is 515 g/mol. The number of rotatable bonds is 9. The smallest absolute Gasteiger partial charge is 0.243 e. The Morgan fingerprint density at radius 2 is 1.47 bits per heavy atom. The van der Waals surface area contributed by atoms with Gasteiger partial charge in [0.1, 0.15) is 6.04 Å². The average molecular weight is 544 g/mol. The van der Waals surface area contributed by atoms with Gasteiger partial charge in [-0.3, -0.25) is 9.59 Å². The second-order valence-corrected chi connectivity index (χ2v) is 10.5. The maximum atomic E-state index is 13.9. The van der Waals surface area contributed by atoms with Crippen LogP contribution in [0.1, 0.15) is 42.4 Å². The first-order valence-corrected chi connectivity index (χ1v) is 13.3. The van der Waals surface area contributed by atoms with Crippen molar-refractivity contribution in [2.45, 2.75) is 57.2 Å². The summed E-state index contributed by atoms with van der Waals surface area (Å²) >= 11 is 18.9. The summed E-state index contributed by atoms with van der Waals surface area (Å²) in [7, 11) is 0. The molecule has 1 saturated carbocycles. The number of nitrogens with zero attached hydrogens (tertiary/aromatic N) is 1. The second kappa shape index (κ2) is 12.6. The lowest BCUT2D eigenvalue weighted by atomic mass is 10.0. The quantitative estimate of drug-likeness (QED) is 0.319. The molecule has 7 heteroatoms. The molecule has 1 aliphatic carbocycles. The van der Waals surface area contributed by atoms with Crippen molar-refractivity contribution in [2.75, 3.05) is 0 Å². The number of hydrogen-bond acceptors (Lipinski definition) is 2. The van der Waals surface area contributed by atoms with Crippen molar-refractivity contribution in [3.8, 4) is 0 Å². The molecule has 3 aromatic rings. The Morgan fingerprint density at radius 3 is 2.11 bits per heavy atom. The Bertz CT molecular complexity index is 1160. The zero-order chi connectivity index (χ0) is 25.5. The second-order valence-electron chi connectivity index (χ2n) is 9.22. The maximum Gasteiger partial charge on any atom is 0.243 e. The largest absolute Gasteiger partial charge is 0.352 e. The van der Waals surface area contributed by atoms with Gasteiger partial charge in [-0.15, -0.1) is 0 Å². The highest BCUT2D eigenvalue weighted by Crippen LogP contribution is 2.27. The van der Waals surface area contributed by atoms with Gasteiger partial charge in [0.2, 0.25) is 11.8 Å². The zero-order valence-electron chi connectivity index (χ0n) is 19.9. The molecule has 0 radical (unpaired) electrons. The Balaban J connectivity index is 1.68. The highest BCUT2D eigenvalue weighted by Gasteiger charge is 2.32. The van der Waals surface area contributed by atoms with Gasteiger partial charge in [0.05, 0.1) is 6.42 Å². The van der Waals surface area contributed by atoms with Crippen LogP contribution in [-0.4, -0.2) is 28.8 Å². The molecule has 36 heavy (non-hydrogen) atoms. The summed E-state index contributed by atoms with van der Waals surface area (Å²) in [6.45, 7) is 0.258. The highest BCUT2D eigenvalue weighted by atomic mass is 35.5. The van der Waals surface area contributed by atoms with Gasteiger partial charge in [0, 0.05) is 34.1 Å². The van der Waals surface area contributed by atoms with E-state index in [1.165, 1.54) is 0 Å². The number of benzene rings is 3. The van der Waals surface area contributed by atoms with Gasteiger partial charge in [-0.05, 0) is 53.8 Å². The van der Waals surface area contributed by atoms with Crippen LogP contribution in [0.3, 0.4) is 0 Å². The van der Waals surface area contributed by atoms with Crippen LogP contribution in [0.15, 0.2) is 72.8 Å². The van der Waals surface area contributed by atoms with Gasteiger partial charge in [-0.2, -0.15) is 0 Å². The van der Waals surface area contributed by atoms with Crippen LogP contribution in [0.5, 0.6) is 0 Å². The van der Waals surface area contributed by atoms with E-state index in [0.717, 1.165) is 36.8 Å². The summed E-state index contributed by atoms with van der Waals surface area (Å²) in [5.41, 5.74) is 2.42. The topological polar surface area (TPSA) is 49.4 Å². The number of carbonyl (C=O) groups is 2. The summed E-state index contributed by atoms with van der Waals surface area (Å²) in [5, 5.41) is 4.68. The van der Waals surface area contributed by atoms with Gasteiger partial charge in [-0.25, -0.2) is 0 Å². The van der Waals surface area contributed by atoms with Gasteiger partial charge in [0.25, 0.3) is 0 Å². The molecule has 4 rings (SSSR count). The lowest BCUT2D eigenvalue weighted by Crippen LogP contribution is -2.52. The van der Waals surface area contributed by atoms with Crippen molar-refractivity contribution in [2.24, 2.45) is 0 Å². The van der Waals surface area contributed by atoms with Crippen molar-refractivity contribution in [3.63, 3.8) is 0 Å². The van der Waals surface area contributed by atoms with E-state index in [0.29, 0.717) is 27.1 Å². The number of carbonyl (C=O) groups excluding carboxylic acids is 2. The molecule has 4 nitrogen and oxygen atoms in total. The Hall–Kier alpha value is -2.53. The summed E-state index contributed by atoms with van der Waals surface area (Å²) < 4.78 is 0. The first-order valence-electron chi connectivity index (χ1n) is 12.2. The van der Waals surface area contributed by atoms with Crippen molar-refractivity contribution < 1.29 is 9.59 Å². The average Bonchev–Trinajstić information content (AvgIpc) is 3.38. The van der Waals surface area contributed by atoms with Crippen molar-refractivity contribution >= 4 is 46.6 Å². The van der Waals surface area contributed by atoms with E-state index in [1.54, 1.807) is 35.2 Å². The summed E-state index contributed by atoms with van der Waals surface area (Å²) in [4.78, 5) is 29.2. The molecular formula is C29H29Cl3N2O2. The van der Waals surface area contributed by atoms with Crippen LogP contribution < -0.4 is 5.32 Å². The normalized spacial score (nSPS) is 14.4. The lowest BCUT2D eigenvalue weighted by molar-refractivity contribution is -0.141. The molecule has 3 aromatic carbocycles. The van der Waals surface area contributed by atoms with Crippen LogP contribution in [0.2, 0.25) is 15.1 Å². The molecule has 1 atom stereocenters. The highest BCUT2D eigenvalue weighted by molar-refractivity contribution is 6.36. The van der Waals surface area contributed by atoms with Gasteiger partial charge in [0.15, 0.2) is 0 Å². The first kappa shape index (κ1) is 26.5. The molecule has 1 aliphatic rings. The number of halogens is 3. The third-order valence-electron chi connectivity index (χ3n) is 6.63. The van der Waals surface area contributed by atoms with Crippen molar-refractivity contribution in [3.05, 3.63) is 105 Å². The molecule has 1 fully saturated rings. The molecule has 0 unspecified atom stereocenters. The van der Waals surface area contributed by atoms with E-state index in [2.05, 4.69) is 5.32 Å². The van der Waals surface area contributed by atoms with Crippen LogP contribution >= 0.6 is 34.8 Å². The van der Waals surface area contributed by atoms with E-state index in [4.69, 9.17) is 34.8 Å². The zero-order valence-corrected chi connectivity index (χ0v) is 22.2. The van der Waals surface area contributed by atoms with Crippen molar-refractivity contribution in [1.82, 2.24) is 10.2 Å². The molecule has 2 amide bonds. The van der Waals surface area contributed by atoms with Crippen LogP contribution in [0.4, 0.5) is 0 Å². The predicted octanol–water partition coefficient (Wildman–Crippen LogP) is 6.89. The van der Waals surface area contributed by atoms with Crippen molar-refractivity contribution in [1.29, 1.82) is 0 Å². The fraction of sp³-hybridized carbons (Fsp3) is 0.310. The first-order chi connectivity index (χ1) is 17.4. The van der Waals surface area contributed by atoms with E-state index in [-0.39, 0.29) is 30.8 Å². The molecule has 0 aliphatic heterocycles. The third-order valence-corrected chi connectivity index (χ3v) is 7.59. The number of amides is 2. The molecule has 0 spiro atoms. The maximum absolute atomic E-state index is 13.9. The molecule has 188 valence electrons. The van der Waals surface area contributed by atoms with E-state index >= 15 is 0 Å². The fourth-order valence-corrected chi connectivity index (χ4v) is 5.32. The summed E-state index contributed by atoms with van der Waals surface area (Å²) in [6, 6.07) is 21.7. The lowest BCUT2D eigenvalue weighted by Gasteiger charge is -2.32. The Morgan fingerprint density at radius 1 is 0.833 bits per heavy atom. The Kier molecular flexibility index (Phi) is 9.30. The summed E-state index contributed by atoms with van der Waals surface area (Å²) in [6.07, 6.45) is 4.52. The predicted molar refractivity (Wildman–Crippen MR) is 147 cm³/mol. The van der Waals surface area contributed by atoms with Crippen LogP contribution in [-0.2, 0) is 29.0 Å². The molecule has 0 heterocycles. The molecule has 1 N–H and O–H groups in total. The SMILES string of the molecule is O=C(NC1CCCC1)[C@@H](Cc1ccccc1)N(Cc1ccc(Cl)cc1)C(=O)Cc1c(Cl)cccc1Cl. The van der Waals surface area contributed by atoms with Gasteiger partial charge < -0.3 is 10.2 Å². The molecule has 0 aromatic heterocycles. The third kappa shape index (κ3) is 7.03. The summed E-state index contributed by atoms with van der Waals surface area (Å²) in [5.74, 6) is -0.360. The van der Waals surface area contributed by atoms with Gasteiger partial charge >= 0.3 is 0 Å².